The zero-order valence-electron chi connectivity index (χ0n) is 20.6. The van der Waals surface area contributed by atoms with Gasteiger partial charge >= 0.3 is 0 Å². The minimum absolute atomic E-state index is 0.0410. The number of allylic oxidation sites excluding steroid dienone is 1. The number of nitrogens with one attached hydrogen (secondary N) is 1. The average Bonchev–Trinajstić information content (AvgIpc) is 3.16. The molecule has 1 heterocycles. The van der Waals surface area contributed by atoms with Crippen LogP contribution < -0.4 is 10.1 Å². The van der Waals surface area contributed by atoms with Crippen molar-refractivity contribution in [3.8, 4) is 5.75 Å². The van der Waals surface area contributed by atoms with Gasteiger partial charge in [0.15, 0.2) is 11.4 Å². The van der Waals surface area contributed by atoms with Crippen LogP contribution in [0.25, 0.3) is 0 Å². The predicted octanol–water partition coefficient (Wildman–Crippen LogP) is 5.15. The van der Waals surface area contributed by atoms with Gasteiger partial charge < -0.3 is 15.2 Å². The molecule has 0 aliphatic heterocycles. The third-order valence-electron chi connectivity index (χ3n) is 10.2. The highest BCUT2D eigenvalue weighted by molar-refractivity contribution is 5.94. The van der Waals surface area contributed by atoms with Crippen molar-refractivity contribution in [2.75, 3.05) is 7.05 Å². The maximum atomic E-state index is 12.3. The summed E-state index contributed by atoms with van der Waals surface area (Å²) in [6, 6.07) is 3.71. The molecule has 8 atom stereocenters. The first-order chi connectivity index (χ1) is 15.8. The van der Waals surface area contributed by atoms with Crippen molar-refractivity contribution >= 4 is 5.91 Å². The van der Waals surface area contributed by atoms with Crippen LogP contribution in [0, 0.1) is 34.5 Å². The maximum absolute atomic E-state index is 12.3. The van der Waals surface area contributed by atoms with Gasteiger partial charge in [0.2, 0.25) is 0 Å². The first-order valence-corrected chi connectivity index (χ1v) is 13.0. The Labute approximate surface area is 198 Å². The molecule has 0 aromatic carbocycles. The molecule has 1 amide bonds. The summed E-state index contributed by atoms with van der Waals surface area (Å²) in [6.07, 6.45) is 13.2. The van der Waals surface area contributed by atoms with Gasteiger partial charge in [-0.1, -0.05) is 25.5 Å². The third kappa shape index (κ3) is 3.62. The normalized spacial score (nSPS) is 40.6. The molecule has 4 aliphatic carbocycles. The van der Waals surface area contributed by atoms with Gasteiger partial charge in [0.1, 0.15) is 0 Å². The van der Waals surface area contributed by atoms with E-state index >= 15 is 0 Å². The number of carbonyl (C=O) groups excluding carboxylic acids is 1. The molecular weight excluding hydrogens is 412 g/mol. The molecule has 33 heavy (non-hydrogen) atoms. The van der Waals surface area contributed by atoms with Crippen LogP contribution in [0.5, 0.6) is 5.75 Å². The second-order valence-corrected chi connectivity index (χ2v) is 11.6. The van der Waals surface area contributed by atoms with Gasteiger partial charge in [-0.15, -0.1) is 0 Å². The van der Waals surface area contributed by atoms with Crippen molar-refractivity contribution in [3.63, 3.8) is 0 Å². The predicted molar refractivity (Wildman–Crippen MR) is 129 cm³/mol. The van der Waals surface area contributed by atoms with E-state index in [0.717, 1.165) is 37.0 Å². The minimum atomic E-state index is -0.204. The van der Waals surface area contributed by atoms with E-state index in [1.165, 1.54) is 37.7 Å². The number of aliphatic hydroxyl groups excluding tert-OH is 1. The van der Waals surface area contributed by atoms with Crippen LogP contribution in [0.1, 0.15) is 82.6 Å². The van der Waals surface area contributed by atoms with Crippen LogP contribution in [-0.4, -0.2) is 35.3 Å². The topological polar surface area (TPSA) is 71.5 Å². The number of ether oxygens (including phenoxy) is 1. The van der Waals surface area contributed by atoms with Crippen molar-refractivity contribution in [1.29, 1.82) is 0 Å². The highest BCUT2D eigenvalue weighted by Gasteiger charge is 2.59. The number of aliphatic hydroxyl groups is 1. The van der Waals surface area contributed by atoms with Crippen molar-refractivity contribution in [2.24, 2.45) is 34.5 Å². The summed E-state index contributed by atoms with van der Waals surface area (Å²) in [6.45, 7) is 7.19. The molecule has 1 unspecified atom stereocenters. The van der Waals surface area contributed by atoms with Gasteiger partial charge in [0.05, 0.1) is 12.2 Å². The number of aromatic nitrogens is 1. The standard InChI is InChI=1S/C28H40N2O3/c1-17(33-24-6-5-15-30-25(24)26(32)29-4)21-9-10-22-20-8-7-18-16-19(31)11-13-27(18,2)23(20)12-14-28(21,22)3/h5-7,15,17,19-23,31H,8-14,16H2,1-4H3,(H,29,32)/t17?,19-,20-,21+,22-,23-,27-,28+/m0/s1. The second kappa shape index (κ2) is 8.41. The van der Waals surface area contributed by atoms with Crippen LogP contribution in [0.15, 0.2) is 30.0 Å². The molecule has 0 radical (unpaired) electrons. The quantitative estimate of drug-likeness (QED) is 0.620. The van der Waals surface area contributed by atoms with Gasteiger partial charge in [-0.3, -0.25) is 4.79 Å². The molecule has 180 valence electrons. The Morgan fingerprint density at radius 2 is 2.03 bits per heavy atom. The van der Waals surface area contributed by atoms with E-state index in [-0.39, 0.29) is 28.9 Å². The SMILES string of the molecule is CNC(=O)c1ncccc1OC(C)[C@H]1CC[C@H]2[C@@H]3CC=C4C[C@@H](O)CC[C@]4(C)[C@H]3CC[C@]12C. The smallest absolute Gasteiger partial charge is 0.273 e. The highest BCUT2D eigenvalue weighted by Crippen LogP contribution is 2.66. The van der Waals surface area contributed by atoms with E-state index in [1.807, 2.05) is 12.1 Å². The third-order valence-corrected chi connectivity index (χ3v) is 10.2. The first kappa shape index (κ1) is 22.9. The zero-order valence-corrected chi connectivity index (χ0v) is 20.6. The summed E-state index contributed by atoms with van der Waals surface area (Å²) in [5, 5.41) is 12.9. The first-order valence-electron chi connectivity index (χ1n) is 13.0. The maximum Gasteiger partial charge on any atom is 0.273 e. The van der Waals surface area contributed by atoms with Gasteiger partial charge in [-0.05, 0) is 99.0 Å². The van der Waals surface area contributed by atoms with E-state index < -0.39 is 0 Å². The fourth-order valence-corrected chi connectivity index (χ4v) is 8.51. The van der Waals surface area contributed by atoms with Gasteiger partial charge in [-0.2, -0.15) is 0 Å². The molecule has 4 aliphatic rings. The molecule has 0 bridgehead atoms. The number of hydrogen-bond acceptors (Lipinski definition) is 4. The number of hydrogen-bond donors (Lipinski definition) is 2. The van der Waals surface area contributed by atoms with E-state index in [0.29, 0.717) is 17.4 Å². The van der Waals surface area contributed by atoms with Crippen LogP contribution in [-0.2, 0) is 0 Å². The van der Waals surface area contributed by atoms with Gasteiger partial charge in [-0.25, -0.2) is 4.98 Å². The Hall–Kier alpha value is -1.88. The van der Waals surface area contributed by atoms with Crippen LogP contribution >= 0.6 is 0 Å². The molecule has 0 saturated heterocycles. The lowest BCUT2D eigenvalue weighted by molar-refractivity contribution is -0.0643. The molecule has 3 fully saturated rings. The Bertz CT molecular complexity index is 945. The van der Waals surface area contributed by atoms with Crippen molar-refractivity contribution in [2.45, 2.75) is 84.3 Å². The van der Waals surface area contributed by atoms with E-state index in [9.17, 15) is 9.90 Å². The molecular formula is C28H40N2O3. The summed E-state index contributed by atoms with van der Waals surface area (Å²) in [5.41, 5.74) is 2.46. The number of carbonyl (C=O) groups is 1. The van der Waals surface area contributed by atoms with E-state index in [2.05, 4.69) is 37.1 Å². The summed E-state index contributed by atoms with van der Waals surface area (Å²) >= 11 is 0. The van der Waals surface area contributed by atoms with Crippen molar-refractivity contribution < 1.29 is 14.6 Å². The number of pyridine rings is 1. The Balaban J connectivity index is 1.36. The second-order valence-electron chi connectivity index (χ2n) is 11.6. The van der Waals surface area contributed by atoms with Crippen molar-refractivity contribution in [3.05, 3.63) is 35.7 Å². The molecule has 1 aromatic heterocycles. The molecule has 5 nitrogen and oxygen atoms in total. The van der Waals surface area contributed by atoms with Crippen LogP contribution in [0.2, 0.25) is 0 Å². The molecule has 5 heteroatoms. The largest absolute Gasteiger partial charge is 0.488 e. The summed E-state index contributed by atoms with van der Waals surface area (Å²) in [7, 11) is 1.63. The molecule has 0 spiro atoms. The number of rotatable bonds is 4. The summed E-state index contributed by atoms with van der Waals surface area (Å²) in [5.74, 6) is 3.07. The summed E-state index contributed by atoms with van der Waals surface area (Å²) < 4.78 is 6.46. The monoisotopic (exact) mass is 452 g/mol. The van der Waals surface area contributed by atoms with Crippen molar-refractivity contribution in [1.82, 2.24) is 10.3 Å². The number of nitrogens with zero attached hydrogens (tertiary/aromatic N) is 1. The zero-order chi connectivity index (χ0) is 23.4. The highest BCUT2D eigenvalue weighted by atomic mass is 16.5. The fourth-order valence-electron chi connectivity index (χ4n) is 8.51. The Morgan fingerprint density at radius 1 is 1.21 bits per heavy atom. The average molecular weight is 453 g/mol. The van der Waals surface area contributed by atoms with Gasteiger partial charge in [0.25, 0.3) is 5.91 Å². The number of fused-ring (bicyclic) bond motifs is 5. The van der Waals surface area contributed by atoms with Crippen LogP contribution in [0.3, 0.4) is 0 Å². The van der Waals surface area contributed by atoms with Gasteiger partial charge in [0, 0.05) is 19.2 Å². The molecule has 5 rings (SSSR count). The lowest BCUT2D eigenvalue weighted by atomic mass is 9.47. The van der Waals surface area contributed by atoms with E-state index in [4.69, 9.17) is 4.74 Å². The minimum Gasteiger partial charge on any atom is -0.488 e. The lowest BCUT2D eigenvalue weighted by Crippen LogP contribution is -2.51. The fraction of sp³-hybridized carbons (Fsp3) is 0.714. The Morgan fingerprint density at radius 3 is 2.82 bits per heavy atom. The van der Waals surface area contributed by atoms with E-state index in [1.54, 1.807) is 13.2 Å². The number of amides is 1. The summed E-state index contributed by atoms with van der Waals surface area (Å²) in [4.78, 5) is 16.5. The Kier molecular flexibility index (Phi) is 5.83. The molecule has 2 N–H and O–H groups in total. The molecule has 3 saturated carbocycles. The molecule has 1 aromatic rings. The lowest BCUT2D eigenvalue weighted by Gasteiger charge is -2.58. The van der Waals surface area contributed by atoms with Crippen LogP contribution in [0.4, 0.5) is 0 Å².